The van der Waals surface area contributed by atoms with Gasteiger partial charge in [-0.05, 0) is 23.6 Å². The molecule has 170 valence electrons. The molecule has 0 aromatic heterocycles. The maximum absolute atomic E-state index is 13.1. The first kappa shape index (κ1) is 23.4. The maximum Gasteiger partial charge on any atom is 0.471 e. The SMILES string of the molecule is CC.O=C(OCc1ccccc1)N1C=CC2(CC1)CN(C(=O)C(F)(F)F)c1ccccc12. The average Bonchev–Trinajstić information content (AvgIpc) is 3.13. The average molecular weight is 446 g/mol. The third-order valence-electron chi connectivity index (χ3n) is 5.47. The van der Waals surface area contributed by atoms with Crippen LogP contribution in [0.3, 0.4) is 0 Å². The summed E-state index contributed by atoms with van der Waals surface area (Å²) in [6.45, 7) is 4.28. The number of benzene rings is 2. The van der Waals surface area contributed by atoms with Crippen molar-refractivity contribution in [2.24, 2.45) is 0 Å². The molecule has 1 atom stereocenters. The number of ether oxygens (including phenoxy) is 1. The molecule has 1 spiro atoms. The highest BCUT2D eigenvalue weighted by Crippen LogP contribution is 2.46. The van der Waals surface area contributed by atoms with Crippen LogP contribution in [0.4, 0.5) is 23.7 Å². The van der Waals surface area contributed by atoms with Crippen LogP contribution in [-0.4, -0.2) is 36.2 Å². The van der Waals surface area contributed by atoms with Gasteiger partial charge in [-0.2, -0.15) is 13.2 Å². The van der Waals surface area contributed by atoms with Crippen molar-refractivity contribution in [3.63, 3.8) is 0 Å². The summed E-state index contributed by atoms with van der Waals surface area (Å²) >= 11 is 0. The van der Waals surface area contributed by atoms with Gasteiger partial charge in [-0.1, -0.05) is 68.5 Å². The molecule has 2 aliphatic rings. The van der Waals surface area contributed by atoms with E-state index in [0.717, 1.165) is 10.5 Å². The van der Waals surface area contributed by atoms with E-state index in [2.05, 4.69) is 0 Å². The van der Waals surface area contributed by atoms with Gasteiger partial charge in [0, 0.05) is 30.4 Å². The molecule has 4 rings (SSSR count). The Bertz CT molecular complexity index is 991. The number of carbonyl (C=O) groups excluding carboxylic acids is 2. The van der Waals surface area contributed by atoms with E-state index < -0.39 is 23.6 Å². The number of alkyl halides is 3. The molecule has 0 radical (unpaired) electrons. The minimum absolute atomic E-state index is 0.117. The van der Waals surface area contributed by atoms with E-state index >= 15 is 0 Å². The Balaban J connectivity index is 0.00000141. The Morgan fingerprint density at radius 3 is 2.31 bits per heavy atom. The van der Waals surface area contributed by atoms with Gasteiger partial charge in [-0.15, -0.1) is 0 Å². The molecule has 0 saturated carbocycles. The molecule has 5 nitrogen and oxygen atoms in total. The monoisotopic (exact) mass is 446 g/mol. The lowest BCUT2D eigenvalue weighted by molar-refractivity contribution is -0.170. The van der Waals surface area contributed by atoms with Crippen LogP contribution in [-0.2, 0) is 21.6 Å². The Kier molecular flexibility index (Phi) is 6.91. The number of rotatable bonds is 2. The zero-order valence-electron chi connectivity index (χ0n) is 17.9. The van der Waals surface area contributed by atoms with Gasteiger partial charge in [-0.25, -0.2) is 4.79 Å². The van der Waals surface area contributed by atoms with E-state index in [9.17, 15) is 22.8 Å². The minimum Gasteiger partial charge on any atom is -0.444 e. The van der Waals surface area contributed by atoms with Crippen LogP contribution in [0.15, 0.2) is 66.9 Å². The van der Waals surface area contributed by atoms with Crippen LogP contribution in [0, 0.1) is 0 Å². The summed E-state index contributed by atoms with van der Waals surface area (Å²) < 4.78 is 44.5. The largest absolute Gasteiger partial charge is 0.471 e. The lowest BCUT2D eigenvalue weighted by Gasteiger charge is -2.34. The van der Waals surface area contributed by atoms with Gasteiger partial charge >= 0.3 is 18.2 Å². The Morgan fingerprint density at radius 2 is 1.69 bits per heavy atom. The molecule has 0 aliphatic carbocycles. The zero-order chi connectivity index (χ0) is 23.4. The van der Waals surface area contributed by atoms with E-state index in [1.54, 1.807) is 24.3 Å². The quantitative estimate of drug-likeness (QED) is 0.619. The lowest BCUT2D eigenvalue weighted by atomic mass is 9.78. The minimum atomic E-state index is -4.95. The number of anilines is 1. The Labute approximate surface area is 185 Å². The predicted octanol–water partition coefficient (Wildman–Crippen LogP) is 5.42. The summed E-state index contributed by atoms with van der Waals surface area (Å²) in [5, 5.41) is 0. The Morgan fingerprint density at radius 1 is 1.03 bits per heavy atom. The second-order valence-corrected chi connectivity index (χ2v) is 7.36. The van der Waals surface area contributed by atoms with Crippen molar-refractivity contribution in [1.82, 2.24) is 4.90 Å². The molecule has 2 aromatic rings. The van der Waals surface area contributed by atoms with Gasteiger partial charge in [0.25, 0.3) is 0 Å². The fourth-order valence-corrected chi connectivity index (χ4v) is 3.94. The standard InChI is InChI=1S/C22H19F3N2O3.C2H6/c23-22(24,25)19(28)27-15-21(17-8-4-5-9-18(17)27)10-12-26(13-11-21)20(29)30-14-16-6-2-1-3-7-16;1-2/h1-10,12H,11,13-15H2;1-2H3. The third kappa shape index (κ3) is 4.64. The summed E-state index contributed by atoms with van der Waals surface area (Å²) in [4.78, 5) is 26.5. The van der Waals surface area contributed by atoms with Crippen LogP contribution in [0.2, 0.25) is 0 Å². The molecule has 0 saturated heterocycles. The number of hydrogen-bond donors (Lipinski definition) is 0. The van der Waals surface area contributed by atoms with Crippen LogP contribution < -0.4 is 4.90 Å². The number of nitrogens with zero attached hydrogens (tertiary/aromatic N) is 2. The number of carbonyl (C=O) groups is 2. The third-order valence-corrected chi connectivity index (χ3v) is 5.47. The fraction of sp³-hybridized carbons (Fsp3) is 0.333. The summed E-state index contributed by atoms with van der Waals surface area (Å²) in [7, 11) is 0. The van der Waals surface area contributed by atoms with Crippen molar-refractivity contribution < 1.29 is 27.5 Å². The number of halogens is 3. The number of fused-ring (bicyclic) bond motifs is 2. The molecule has 32 heavy (non-hydrogen) atoms. The van der Waals surface area contributed by atoms with Gasteiger partial charge in [-0.3, -0.25) is 9.69 Å². The molecular formula is C24H25F3N2O3. The van der Waals surface area contributed by atoms with Crippen LogP contribution >= 0.6 is 0 Å². The zero-order valence-corrected chi connectivity index (χ0v) is 17.9. The van der Waals surface area contributed by atoms with Gasteiger partial charge < -0.3 is 9.64 Å². The molecule has 0 fully saturated rings. The van der Waals surface area contributed by atoms with Crippen LogP contribution in [0.5, 0.6) is 0 Å². The normalized spacial score (nSPS) is 19.3. The van der Waals surface area contributed by atoms with E-state index in [0.29, 0.717) is 12.0 Å². The second-order valence-electron chi connectivity index (χ2n) is 7.36. The number of hydrogen-bond acceptors (Lipinski definition) is 3. The van der Waals surface area contributed by atoms with Crippen LogP contribution in [0.25, 0.3) is 0 Å². The molecule has 1 unspecified atom stereocenters. The topological polar surface area (TPSA) is 49.9 Å². The van der Waals surface area contributed by atoms with Crippen molar-refractivity contribution in [2.45, 2.75) is 38.5 Å². The van der Waals surface area contributed by atoms with E-state index in [1.807, 2.05) is 44.2 Å². The van der Waals surface area contributed by atoms with Gasteiger partial charge in [0.05, 0.1) is 0 Å². The Hall–Kier alpha value is -3.29. The highest BCUT2D eigenvalue weighted by atomic mass is 19.4. The molecule has 2 amide bonds. The highest BCUT2D eigenvalue weighted by Gasteiger charge is 2.51. The van der Waals surface area contributed by atoms with Gasteiger partial charge in [0.1, 0.15) is 6.61 Å². The van der Waals surface area contributed by atoms with Crippen molar-refractivity contribution in [1.29, 1.82) is 0 Å². The van der Waals surface area contributed by atoms with Crippen molar-refractivity contribution in [2.75, 3.05) is 18.0 Å². The maximum atomic E-state index is 13.1. The molecule has 2 aliphatic heterocycles. The number of para-hydroxylation sites is 1. The summed E-state index contributed by atoms with van der Waals surface area (Å²) in [6, 6.07) is 15.8. The van der Waals surface area contributed by atoms with E-state index in [-0.39, 0.29) is 25.4 Å². The smallest absolute Gasteiger partial charge is 0.444 e. The van der Waals surface area contributed by atoms with Gasteiger partial charge in [0.15, 0.2) is 0 Å². The summed E-state index contributed by atoms with van der Waals surface area (Å²) in [5.41, 5.74) is 0.989. The molecule has 2 heterocycles. The fourth-order valence-electron chi connectivity index (χ4n) is 3.94. The van der Waals surface area contributed by atoms with Crippen molar-refractivity contribution in [3.05, 3.63) is 78.0 Å². The highest BCUT2D eigenvalue weighted by molar-refractivity contribution is 6.00. The molecule has 2 aromatic carbocycles. The molecule has 0 bridgehead atoms. The van der Waals surface area contributed by atoms with Crippen molar-refractivity contribution in [3.8, 4) is 0 Å². The van der Waals surface area contributed by atoms with E-state index in [1.165, 1.54) is 17.2 Å². The van der Waals surface area contributed by atoms with Gasteiger partial charge in [0.2, 0.25) is 0 Å². The summed E-state index contributed by atoms with van der Waals surface area (Å²) in [5.74, 6) is -1.88. The summed E-state index contributed by atoms with van der Waals surface area (Å²) in [6.07, 6.45) is -1.87. The predicted molar refractivity (Wildman–Crippen MR) is 115 cm³/mol. The number of amides is 2. The lowest BCUT2D eigenvalue weighted by Crippen LogP contribution is -2.45. The molecular weight excluding hydrogens is 421 g/mol. The first-order valence-corrected chi connectivity index (χ1v) is 10.5. The van der Waals surface area contributed by atoms with Crippen molar-refractivity contribution >= 4 is 17.7 Å². The molecule has 8 heteroatoms. The van der Waals surface area contributed by atoms with E-state index in [4.69, 9.17) is 4.74 Å². The second kappa shape index (κ2) is 9.46. The molecule has 0 N–H and O–H groups in total. The first-order valence-electron chi connectivity index (χ1n) is 10.5. The first-order chi connectivity index (χ1) is 15.3. The van der Waals surface area contributed by atoms with Crippen LogP contribution in [0.1, 0.15) is 31.4 Å².